The first-order chi connectivity index (χ1) is 15.1. The van der Waals surface area contributed by atoms with Gasteiger partial charge in [0, 0.05) is 51.0 Å². The molecule has 0 spiro atoms. The zero-order chi connectivity index (χ0) is 22.1. The molecule has 1 aliphatic heterocycles. The molecular formula is C23H31ClN6O. The summed E-state index contributed by atoms with van der Waals surface area (Å²) in [5.41, 5.74) is 1.77. The number of nitrogens with one attached hydrogen (secondary N) is 3. The minimum absolute atomic E-state index is 0.0239. The highest BCUT2D eigenvalue weighted by atomic mass is 35.5. The molecule has 2 aromatic rings. The van der Waals surface area contributed by atoms with E-state index in [1.54, 1.807) is 13.2 Å². The summed E-state index contributed by atoms with van der Waals surface area (Å²) in [4.78, 5) is 23.0. The number of carbonyl (C=O) groups is 1. The number of hydrogen-bond acceptors (Lipinski definition) is 4. The fourth-order valence-electron chi connectivity index (χ4n) is 3.51. The van der Waals surface area contributed by atoms with Gasteiger partial charge in [0.2, 0.25) is 0 Å². The fraction of sp³-hybridized carbons (Fsp3) is 0.435. The highest BCUT2D eigenvalue weighted by Crippen LogP contribution is 2.25. The molecule has 0 radical (unpaired) electrons. The Kier molecular flexibility index (Phi) is 8.53. The molecule has 1 amide bonds. The number of nitrogens with zero attached hydrogens (tertiary/aromatic N) is 3. The molecule has 1 saturated heterocycles. The van der Waals surface area contributed by atoms with E-state index in [2.05, 4.69) is 37.8 Å². The summed E-state index contributed by atoms with van der Waals surface area (Å²) in [7, 11) is 1.77. The second kappa shape index (κ2) is 11.6. The summed E-state index contributed by atoms with van der Waals surface area (Å²) in [5.74, 6) is 1.56. The maximum Gasteiger partial charge on any atom is 0.251 e. The fourth-order valence-corrected chi connectivity index (χ4v) is 3.75. The third-order valence-corrected chi connectivity index (χ3v) is 5.58. The molecule has 1 atom stereocenters. The lowest BCUT2D eigenvalue weighted by molar-refractivity contribution is 0.0953. The van der Waals surface area contributed by atoms with Gasteiger partial charge in [-0.15, -0.1) is 0 Å². The lowest BCUT2D eigenvalue weighted by Gasteiger charge is -2.20. The van der Waals surface area contributed by atoms with Crippen LogP contribution in [0, 0.1) is 0 Å². The highest BCUT2D eigenvalue weighted by Gasteiger charge is 2.25. The van der Waals surface area contributed by atoms with Gasteiger partial charge in [-0.1, -0.05) is 37.1 Å². The van der Waals surface area contributed by atoms with E-state index in [4.69, 9.17) is 11.6 Å². The van der Waals surface area contributed by atoms with Crippen molar-refractivity contribution >= 4 is 29.3 Å². The van der Waals surface area contributed by atoms with Gasteiger partial charge in [0.05, 0.1) is 5.02 Å². The first kappa shape index (κ1) is 22.9. The van der Waals surface area contributed by atoms with Gasteiger partial charge >= 0.3 is 0 Å². The topological polar surface area (TPSA) is 81.6 Å². The molecule has 31 heavy (non-hydrogen) atoms. The average molecular weight is 443 g/mol. The van der Waals surface area contributed by atoms with E-state index in [9.17, 15) is 4.79 Å². The third kappa shape index (κ3) is 6.59. The summed E-state index contributed by atoms with van der Waals surface area (Å²) in [6, 6.07) is 11.6. The largest absolute Gasteiger partial charge is 0.353 e. The predicted octanol–water partition coefficient (Wildman–Crippen LogP) is 3.21. The van der Waals surface area contributed by atoms with E-state index < -0.39 is 0 Å². The van der Waals surface area contributed by atoms with Gasteiger partial charge in [-0.3, -0.25) is 9.79 Å². The molecule has 1 aliphatic rings. The molecule has 2 heterocycles. The van der Waals surface area contributed by atoms with Crippen molar-refractivity contribution in [1.29, 1.82) is 0 Å². The summed E-state index contributed by atoms with van der Waals surface area (Å²) < 4.78 is 0. The number of unbranched alkanes of at least 4 members (excludes halogenated alkanes) is 1. The van der Waals surface area contributed by atoms with E-state index in [1.807, 2.05) is 36.4 Å². The van der Waals surface area contributed by atoms with Crippen LogP contribution in [0.25, 0.3) is 0 Å². The van der Waals surface area contributed by atoms with Crippen molar-refractivity contribution in [2.45, 2.75) is 38.8 Å². The Bertz CT molecular complexity index is 886. The van der Waals surface area contributed by atoms with Crippen molar-refractivity contribution < 1.29 is 4.79 Å². The van der Waals surface area contributed by atoms with Crippen molar-refractivity contribution in [2.24, 2.45) is 4.99 Å². The van der Waals surface area contributed by atoms with Crippen molar-refractivity contribution in [3.05, 3.63) is 58.7 Å². The van der Waals surface area contributed by atoms with Crippen molar-refractivity contribution in [2.75, 3.05) is 31.6 Å². The lowest BCUT2D eigenvalue weighted by atomic mass is 10.1. The second-order valence-corrected chi connectivity index (χ2v) is 8.02. The van der Waals surface area contributed by atoms with Crippen LogP contribution in [-0.2, 0) is 6.54 Å². The Morgan fingerprint density at radius 2 is 2.06 bits per heavy atom. The molecule has 0 bridgehead atoms. The number of aromatic nitrogens is 1. The minimum Gasteiger partial charge on any atom is -0.353 e. The Morgan fingerprint density at radius 1 is 1.26 bits per heavy atom. The van der Waals surface area contributed by atoms with E-state index in [-0.39, 0.29) is 11.9 Å². The zero-order valence-corrected chi connectivity index (χ0v) is 19.0. The predicted molar refractivity (Wildman–Crippen MR) is 127 cm³/mol. The maximum absolute atomic E-state index is 12.1. The molecule has 8 heteroatoms. The van der Waals surface area contributed by atoms with Crippen molar-refractivity contribution in [1.82, 2.24) is 20.9 Å². The van der Waals surface area contributed by atoms with Crippen molar-refractivity contribution in [3.8, 4) is 0 Å². The van der Waals surface area contributed by atoms with E-state index in [0.29, 0.717) is 23.7 Å². The molecule has 1 aromatic heterocycles. The van der Waals surface area contributed by atoms with Gasteiger partial charge in [-0.2, -0.15) is 0 Å². The number of pyridine rings is 1. The van der Waals surface area contributed by atoms with Crippen LogP contribution in [0.2, 0.25) is 5.02 Å². The van der Waals surface area contributed by atoms with Crippen LogP contribution in [0.1, 0.15) is 42.1 Å². The van der Waals surface area contributed by atoms with Gasteiger partial charge in [0.1, 0.15) is 5.82 Å². The SMILES string of the molecule is CCCCNC(=O)c1ccc(CNC(=NC)NC2CCN(c3ncccc3Cl)C2)cc1. The van der Waals surface area contributed by atoms with Gasteiger partial charge < -0.3 is 20.9 Å². The number of carbonyl (C=O) groups excluding carboxylic acids is 1. The zero-order valence-electron chi connectivity index (χ0n) is 18.2. The molecule has 3 rings (SSSR count). The Morgan fingerprint density at radius 3 is 2.77 bits per heavy atom. The van der Waals surface area contributed by atoms with E-state index >= 15 is 0 Å². The summed E-state index contributed by atoms with van der Waals surface area (Å²) >= 11 is 6.28. The summed E-state index contributed by atoms with van der Waals surface area (Å²) in [6.45, 7) is 5.16. The van der Waals surface area contributed by atoms with Crippen LogP contribution in [0.3, 0.4) is 0 Å². The Balaban J connectivity index is 1.46. The molecule has 0 saturated carbocycles. The average Bonchev–Trinajstić information content (AvgIpc) is 3.25. The summed E-state index contributed by atoms with van der Waals surface area (Å²) in [5, 5.41) is 10.4. The molecular weight excluding hydrogens is 412 g/mol. The number of benzene rings is 1. The standard InChI is InChI=1S/C23H31ClN6O/c1-3-4-12-27-22(31)18-9-7-17(8-10-18)15-28-23(25-2)29-19-11-14-30(16-19)21-20(24)6-5-13-26-21/h5-10,13,19H,3-4,11-12,14-16H2,1-2H3,(H,27,31)(H2,25,28,29). The maximum atomic E-state index is 12.1. The van der Waals surface area contributed by atoms with Crippen molar-refractivity contribution in [3.63, 3.8) is 0 Å². The Hall–Kier alpha value is -2.80. The number of guanidine groups is 1. The smallest absolute Gasteiger partial charge is 0.251 e. The van der Waals surface area contributed by atoms with Crippen LogP contribution in [0.4, 0.5) is 5.82 Å². The van der Waals surface area contributed by atoms with Gasteiger partial charge in [-0.25, -0.2) is 4.98 Å². The number of halogens is 1. The van der Waals surface area contributed by atoms with Gasteiger partial charge in [0.15, 0.2) is 5.96 Å². The second-order valence-electron chi connectivity index (χ2n) is 7.62. The number of rotatable bonds is 8. The molecule has 1 fully saturated rings. The first-order valence-corrected chi connectivity index (χ1v) is 11.2. The van der Waals surface area contributed by atoms with Crippen LogP contribution in [0.15, 0.2) is 47.6 Å². The first-order valence-electron chi connectivity index (χ1n) is 10.8. The lowest BCUT2D eigenvalue weighted by Crippen LogP contribution is -2.44. The highest BCUT2D eigenvalue weighted by molar-refractivity contribution is 6.32. The number of hydrogen-bond donors (Lipinski definition) is 3. The number of anilines is 1. The van der Waals surface area contributed by atoms with E-state index in [0.717, 1.165) is 49.7 Å². The van der Waals surface area contributed by atoms with Crippen LogP contribution < -0.4 is 20.9 Å². The van der Waals surface area contributed by atoms with Crippen LogP contribution >= 0.6 is 11.6 Å². The number of aliphatic imine (C=N–C) groups is 1. The molecule has 7 nitrogen and oxygen atoms in total. The van der Waals surface area contributed by atoms with Crippen LogP contribution in [-0.4, -0.2) is 49.6 Å². The third-order valence-electron chi connectivity index (χ3n) is 5.28. The minimum atomic E-state index is -0.0239. The molecule has 1 aromatic carbocycles. The summed E-state index contributed by atoms with van der Waals surface area (Å²) in [6.07, 6.45) is 4.81. The van der Waals surface area contributed by atoms with E-state index in [1.165, 1.54) is 0 Å². The van der Waals surface area contributed by atoms with Gasteiger partial charge in [-0.05, 0) is 42.7 Å². The van der Waals surface area contributed by atoms with Gasteiger partial charge in [0.25, 0.3) is 5.91 Å². The molecule has 166 valence electrons. The molecule has 3 N–H and O–H groups in total. The molecule has 0 aliphatic carbocycles. The van der Waals surface area contributed by atoms with Crippen LogP contribution in [0.5, 0.6) is 0 Å². The normalized spacial score (nSPS) is 16.3. The monoisotopic (exact) mass is 442 g/mol. The number of amides is 1. The molecule has 1 unspecified atom stereocenters. The quantitative estimate of drug-likeness (QED) is 0.332. The Labute approximate surface area is 189 Å².